The second kappa shape index (κ2) is 6.89. The van der Waals surface area contributed by atoms with Crippen molar-refractivity contribution in [1.29, 1.82) is 0 Å². The summed E-state index contributed by atoms with van der Waals surface area (Å²) in [4.78, 5) is 26.2. The van der Waals surface area contributed by atoms with Crippen molar-refractivity contribution in [3.05, 3.63) is 29.8 Å². The first kappa shape index (κ1) is 15.6. The fraction of sp³-hybridized carbons (Fsp3) is 0.529. The molecule has 1 fully saturated rings. The second-order valence-electron chi connectivity index (χ2n) is 6.00. The highest BCUT2D eigenvalue weighted by molar-refractivity contribution is 5.85. The normalized spacial score (nSPS) is 22.9. The number of carbonyl (C=O) groups is 2. The van der Waals surface area contributed by atoms with Gasteiger partial charge in [0.25, 0.3) is 0 Å². The van der Waals surface area contributed by atoms with Crippen LogP contribution in [0.25, 0.3) is 0 Å². The van der Waals surface area contributed by atoms with Crippen LogP contribution in [-0.2, 0) is 4.79 Å². The third-order valence-electron chi connectivity index (χ3n) is 4.42. The average Bonchev–Trinajstić information content (AvgIpc) is 3.03. The molecular formula is C17H23N3O3. The molecule has 2 heterocycles. The Bertz CT molecular complexity index is 590. The number of amides is 3. The molecule has 2 atom stereocenters. The SMILES string of the molecule is CCNC(=O)N1CC[C@H](NC(=O)[C@H]2CCOc3ccccc32)C1. The van der Waals surface area contributed by atoms with E-state index >= 15 is 0 Å². The number of ether oxygens (including phenoxy) is 1. The van der Waals surface area contributed by atoms with Crippen molar-refractivity contribution in [3.8, 4) is 5.75 Å². The van der Waals surface area contributed by atoms with Gasteiger partial charge in [0.2, 0.25) is 5.91 Å². The maximum absolute atomic E-state index is 12.6. The number of likely N-dealkylation sites (tertiary alicyclic amines) is 1. The maximum Gasteiger partial charge on any atom is 0.317 e. The Morgan fingerprint density at radius 3 is 2.96 bits per heavy atom. The van der Waals surface area contributed by atoms with Gasteiger partial charge in [-0.15, -0.1) is 0 Å². The first-order valence-corrected chi connectivity index (χ1v) is 8.24. The molecule has 0 aliphatic carbocycles. The smallest absolute Gasteiger partial charge is 0.317 e. The molecule has 6 heteroatoms. The second-order valence-corrected chi connectivity index (χ2v) is 6.00. The molecule has 6 nitrogen and oxygen atoms in total. The lowest BCUT2D eigenvalue weighted by molar-refractivity contribution is -0.123. The standard InChI is InChI=1S/C17H23N3O3/c1-2-18-17(22)20-9-7-12(11-20)19-16(21)14-8-10-23-15-6-4-3-5-13(14)15/h3-6,12,14H,2,7-11H2,1H3,(H,18,22)(H,19,21)/t12-,14-/m0/s1. The van der Waals surface area contributed by atoms with Crippen molar-refractivity contribution >= 4 is 11.9 Å². The molecule has 3 rings (SSSR count). The lowest BCUT2D eigenvalue weighted by Crippen LogP contribution is -2.43. The van der Waals surface area contributed by atoms with E-state index in [2.05, 4.69) is 10.6 Å². The zero-order valence-electron chi connectivity index (χ0n) is 13.4. The number of para-hydroxylation sites is 1. The van der Waals surface area contributed by atoms with Gasteiger partial charge < -0.3 is 20.3 Å². The zero-order chi connectivity index (χ0) is 16.2. The van der Waals surface area contributed by atoms with E-state index in [4.69, 9.17) is 4.74 Å². The zero-order valence-corrected chi connectivity index (χ0v) is 13.4. The highest BCUT2D eigenvalue weighted by atomic mass is 16.5. The van der Waals surface area contributed by atoms with Gasteiger partial charge >= 0.3 is 6.03 Å². The number of nitrogens with one attached hydrogen (secondary N) is 2. The molecule has 2 N–H and O–H groups in total. The summed E-state index contributed by atoms with van der Waals surface area (Å²) in [6.45, 7) is 4.33. The van der Waals surface area contributed by atoms with E-state index < -0.39 is 0 Å². The summed E-state index contributed by atoms with van der Waals surface area (Å²) in [6, 6.07) is 7.68. The molecular weight excluding hydrogens is 294 g/mol. The molecule has 124 valence electrons. The molecule has 0 unspecified atom stereocenters. The number of hydrogen-bond donors (Lipinski definition) is 2. The van der Waals surface area contributed by atoms with Gasteiger partial charge in [-0.05, 0) is 25.8 Å². The number of carbonyl (C=O) groups excluding carboxylic acids is 2. The largest absolute Gasteiger partial charge is 0.493 e. The number of urea groups is 1. The third kappa shape index (κ3) is 3.41. The summed E-state index contributed by atoms with van der Waals surface area (Å²) in [7, 11) is 0. The average molecular weight is 317 g/mol. The van der Waals surface area contributed by atoms with E-state index in [9.17, 15) is 9.59 Å². The van der Waals surface area contributed by atoms with Crippen molar-refractivity contribution < 1.29 is 14.3 Å². The first-order chi connectivity index (χ1) is 11.2. The lowest BCUT2D eigenvalue weighted by atomic mass is 9.92. The summed E-state index contributed by atoms with van der Waals surface area (Å²) in [5.41, 5.74) is 0.954. The molecule has 3 amide bonds. The summed E-state index contributed by atoms with van der Waals surface area (Å²) in [6.07, 6.45) is 1.49. The monoisotopic (exact) mass is 317 g/mol. The van der Waals surface area contributed by atoms with Gasteiger partial charge in [0.15, 0.2) is 0 Å². The van der Waals surface area contributed by atoms with E-state index in [0.717, 1.165) is 17.7 Å². The van der Waals surface area contributed by atoms with E-state index in [0.29, 0.717) is 32.7 Å². The Morgan fingerprint density at radius 1 is 1.30 bits per heavy atom. The van der Waals surface area contributed by atoms with E-state index in [-0.39, 0.29) is 23.9 Å². The van der Waals surface area contributed by atoms with Crippen LogP contribution < -0.4 is 15.4 Å². The minimum absolute atomic E-state index is 0.0279. The molecule has 0 saturated carbocycles. The van der Waals surface area contributed by atoms with Crippen molar-refractivity contribution in [2.75, 3.05) is 26.2 Å². The quantitative estimate of drug-likeness (QED) is 0.887. The number of rotatable bonds is 3. The topological polar surface area (TPSA) is 70.7 Å². The van der Waals surface area contributed by atoms with Gasteiger partial charge in [-0.1, -0.05) is 18.2 Å². The van der Waals surface area contributed by atoms with Crippen molar-refractivity contribution in [3.63, 3.8) is 0 Å². The number of benzene rings is 1. The summed E-state index contributed by atoms with van der Waals surface area (Å²) >= 11 is 0. The molecule has 1 aromatic carbocycles. The van der Waals surface area contributed by atoms with Crippen LogP contribution in [0.15, 0.2) is 24.3 Å². The van der Waals surface area contributed by atoms with Crippen molar-refractivity contribution in [2.45, 2.75) is 31.7 Å². The predicted octanol–water partition coefficient (Wildman–Crippen LogP) is 1.47. The van der Waals surface area contributed by atoms with Crippen LogP contribution >= 0.6 is 0 Å². The molecule has 0 radical (unpaired) electrons. The lowest BCUT2D eigenvalue weighted by Gasteiger charge is -2.26. The Morgan fingerprint density at radius 2 is 2.13 bits per heavy atom. The van der Waals surface area contributed by atoms with Crippen LogP contribution in [0.2, 0.25) is 0 Å². The predicted molar refractivity (Wildman–Crippen MR) is 86.5 cm³/mol. The Kier molecular flexibility index (Phi) is 4.69. The Hall–Kier alpha value is -2.24. The van der Waals surface area contributed by atoms with Gasteiger partial charge in [-0.25, -0.2) is 4.79 Å². The Labute approximate surface area is 136 Å². The van der Waals surface area contributed by atoms with Crippen LogP contribution in [-0.4, -0.2) is 49.1 Å². The molecule has 0 aromatic heterocycles. The molecule has 23 heavy (non-hydrogen) atoms. The summed E-state index contributed by atoms with van der Waals surface area (Å²) < 4.78 is 5.61. The summed E-state index contributed by atoms with van der Waals surface area (Å²) in [5.74, 6) is 0.663. The number of fused-ring (bicyclic) bond motifs is 1. The van der Waals surface area contributed by atoms with Crippen LogP contribution in [0.1, 0.15) is 31.2 Å². The fourth-order valence-corrected chi connectivity index (χ4v) is 3.24. The number of nitrogens with zero attached hydrogens (tertiary/aromatic N) is 1. The highest BCUT2D eigenvalue weighted by Crippen LogP contribution is 2.33. The first-order valence-electron chi connectivity index (χ1n) is 8.24. The highest BCUT2D eigenvalue weighted by Gasteiger charge is 2.32. The summed E-state index contributed by atoms with van der Waals surface area (Å²) in [5, 5.41) is 5.90. The van der Waals surface area contributed by atoms with Crippen molar-refractivity contribution in [1.82, 2.24) is 15.5 Å². The van der Waals surface area contributed by atoms with E-state index in [1.165, 1.54) is 0 Å². The van der Waals surface area contributed by atoms with Crippen LogP contribution in [0.3, 0.4) is 0 Å². The minimum Gasteiger partial charge on any atom is -0.493 e. The van der Waals surface area contributed by atoms with Crippen LogP contribution in [0.5, 0.6) is 5.75 Å². The van der Waals surface area contributed by atoms with Gasteiger partial charge in [0.1, 0.15) is 5.75 Å². The van der Waals surface area contributed by atoms with Gasteiger partial charge in [-0.3, -0.25) is 4.79 Å². The molecule has 1 aromatic rings. The van der Waals surface area contributed by atoms with Gasteiger partial charge in [0, 0.05) is 31.2 Å². The molecule has 0 spiro atoms. The minimum atomic E-state index is -0.168. The molecule has 0 bridgehead atoms. The van der Waals surface area contributed by atoms with E-state index in [1.807, 2.05) is 31.2 Å². The Balaban J connectivity index is 1.60. The molecule has 1 saturated heterocycles. The number of hydrogen-bond acceptors (Lipinski definition) is 3. The molecule has 2 aliphatic rings. The van der Waals surface area contributed by atoms with E-state index in [1.54, 1.807) is 4.90 Å². The van der Waals surface area contributed by atoms with Gasteiger partial charge in [0.05, 0.1) is 12.5 Å². The van der Waals surface area contributed by atoms with Crippen LogP contribution in [0, 0.1) is 0 Å². The van der Waals surface area contributed by atoms with Gasteiger partial charge in [-0.2, -0.15) is 0 Å². The van der Waals surface area contributed by atoms with Crippen molar-refractivity contribution in [2.24, 2.45) is 0 Å². The maximum atomic E-state index is 12.6. The molecule has 2 aliphatic heterocycles. The fourth-order valence-electron chi connectivity index (χ4n) is 3.24. The third-order valence-corrected chi connectivity index (χ3v) is 4.42. The van der Waals surface area contributed by atoms with Crippen LogP contribution in [0.4, 0.5) is 4.79 Å².